The molecule has 0 saturated carbocycles. The third-order valence-electron chi connectivity index (χ3n) is 2.20. The lowest BCUT2D eigenvalue weighted by Gasteiger charge is -2.06. The Morgan fingerprint density at radius 2 is 2.38 bits per heavy atom. The molecule has 0 unspecified atom stereocenters. The van der Waals surface area contributed by atoms with Crippen LogP contribution in [0.3, 0.4) is 0 Å². The number of rotatable bonds is 1. The fourth-order valence-corrected chi connectivity index (χ4v) is 1.54. The molecular weight excluding hydrogens is 158 g/mol. The zero-order valence-corrected chi connectivity index (χ0v) is 7.61. The molecule has 13 heavy (non-hydrogen) atoms. The maximum Gasteiger partial charge on any atom is 0.0340 e. The van der Waals surface area contributed by atoms with Crippen molar-refractivity contribution < 1.29 is 0 Å². The summed E-state index contributed by atoms with van der Waals surface area (Å²) in [5.74, 6) is 0. The highest BCUT2D eigenvalue weighted by Crippen LogP contribution is 2.18. The van der Waals surface area contributed by atoms with Crippen molar-refractivity contribution in [1.29, 1.82) is 0 Å². The van der Waals surface area contributed by atoms with E-state index < -0.39 is 0 Å². The number of hydrogen-bond donors (Lipinski definition) is 0. The average Bonchev–Trinajstić information content (AvgIpc) is 2.21. The standard InChI is InChI=1S/C12H13N/c1-2-5-11(6-3-1)9-12-7-4-8-13-10-12/h2,4-5,7-10H,1,3,6H2/b11-9-. The van der Waals surface area contributed by atoms with Crippen LogP contribution in [0.4, 0.5) is 0 Å². The maximum absolute atomic E-state index is 4.08. The summed E-state index contributed by atoms with van der Waals surface area (Å²) in [4.78, 5) is 4.08. The van der Waals surface area contributed by atoms with Crippen LogP contribution in [0.1, 0.15) is 24.8 Å². The van der Waals surface area contributed by atoms with Gasteiger partial charge in [-0.1, -0.05) is 24.3 Å². The summed E-state index contributed by atoms with van der Waals surface area (Å²) >= 11 is 0. The fourth-order valence-electron chi connectivity index (χ4n) is 1.54. The first-order valence-corrected chi connectivity index (χ1v) is 4.72. The van der Waals surface area contributed by atoms with E-state index in [-0.39, 0.29) is 0 Å². The molecule has 1 aromatic heterocycles. The molecule has 1 heterocycles. The van der Waals surface area contributed by atoms with Crippen molar-refractivity contribution in [1.82, 2.24) is 4.98 Å². The monoisotopic (exact) mass is 171 g/mol. The average molecular weight is 171 g/mol. The van der Waals surface area contributed by atoms with Crippen LogP contribution in [-0.4, -0.2) is 4.98 Å². The zero-order valence-electron chi connectivity index (χ0n) is 7.61. The summed E-state index contributed by atoms with van der Waals surface area (Å²) in [7, 11) is 0. The van der Waals surface area contributed by atoms with Crippen molar-refractivity contribution in [3.8, 4) is 0 Å². The third kappa shape index (κ3) is 2.28. The summed E-state index contributed by atoms with van der Waals surface area (Å²) in [6, 6.07) is 4.06. The molecule has 0 saturated heterocycles. The van der Waals surface area contributed by atoms with Gasteiger partial charge in [0.25, 0.3) is 0 Å². The molecule has 2 rings (SSSR count). The molecule has 0 radical (unpaired) electrons. The number of aromatic nitrogens is 1. The molecule has 1 aromatic rings. The van der Waals surface area contributed by atoms with E-state index in [1.54, 1.807) is 6.20 Å². The van der Waals surface area contributed by atoms with Gasteiger partial charge < -0.3 is 0 Å². The van der Waals surface area contributed by atoms with Crippen LogP contribution in [0.25, 0.3) is 6.08 Å². The largest absolute Gasteiger partial charge is 0.264 e. The van der Waals surface area contributed by atoms with Crippen LogP contribution in [0, 0.1) is 0 Å². The Morgan fingerprint density at radius 3 is 3.08 bits per heavy atom. The summed E-state index contributed by atoms with van der Waals surface area (Å²) in [6.07, 6.45) is 14.1. The predicted octanol–water partition coefficient (Wildman–Crippen LogP) is 3.21. The molecule has 1 aliphatic carbocycles. The van der Waals surface area contributed by atoms with Gasteiger partial charge in [0.05, 0.1) is 0 Å². The molecule has 0 aromatic carbocycles. The molecule has 1 aliphatic rings. The highest BCUT2D eigenvalue weighted by atomic mass is 14.6. The lowest BCUT2D eigenvalue weighted by atomic mass is 10.0. The van der Waals surface area contributed by atoms with Gasteiger partial charge in [-0.25, -0.2) is 0 Å². The molecule has 66 valence electrons. The molecule has 1 nitrogen and oxygen atoms in total. The van der Waals surface area contributed by atoms with Gasteiger partial charge in [-0.2, -0.15) is 0 Å². The second-order valence-corrected chi connectivity index (χ2v) is 3.30. The van der Waals surface area contributed by atoms with Gasteiger partial charge in [0, 0.05) is 12.4 Å². The van der Waals surface area contributed by atoms with Gasteiger partial charge in [-0.15, -0.1) is 0 Å². The first-order chi connectivity index (χ1) is 6.45. The van der Waals surface area contributed by atoms with Crippen molar-refractivity contribution >= 4 is 6.08 Å². The lowest BCUT2D eigenvalue weighted by molar-refractivity contribution is 0.825. The highest BCUT2D eigenvalue weighted by Gasteiger charge is 1.98. The van der Waals surface area contributed by atoms with Crippen LogP contribution >= 0.6 is 0 Å². The molecule has 0 aliphatic heterocycles. The van der Waals surface area contributed by atoms with Crippen molar-refractivity contribution in [2.24, 2.45) is 0 Å². The van der Waals surface area contributed by atoms with E-state index in [9.17, 15) is 0 Å². The maximum atomic E-state index is 4.08. The molecule has 0 fully saturated rings. The van der Waals surface area contributed by atoms with Crippen molar-refractivity contribution in [2.75, 3.05) is 0 Å². The minimum Gasteiger partial charge on any atom is -0.264 e. The lowest BCUT2D eigenvalue weighted by Crippen LogP contribution is -1.86. The summed E-state index contributed by atoms with van der Waals surface area (Å²) in [5, 5.41) is 0. The summed E-state index contributed by atoms with van der Waals surface area (Å²) < 4.78 is 0. The van der Waals surface area contributed by atoms with Crippen molar-refractivity contribution in [3.63, 3.8) is 0 Å². The minimum absolute atomic E-state index is 1.20. The van der Waals surface area contributed by atoms with E-state index in [0.717, 1.165) is 0 Å². The Bertz CT molecular complexity index is 322. The predicted molar refractivity (Wildman–Crippen MR) is 55.2 cm³/mol. The van der Waals surface area contributed by atoms with Crippen LogP contribution in [0.2, 0.25) is 0 Å². The van der Waals surface area contributed by atoms with E-state index in [0.29, 0.717) is 0 Å². The minimum atomic E-state index is 1.20. The van der Waals surface area contributed by atoms with Crippen LogP contribution in [-0.2, 0) is 0 Å². The molecule has 0 atom stereocenters. The Morgan fingerprint density at radius 1 is 1.38 bits per heavy atom. The Hall–Kier alpha value is -1.37. The number of hydrogen-bond acceptors (Lipinski definition) is 1. The quantitative estimate of drug-likeness (QED) is 0.632. The molecule has 0 N–H and O–H groups in total. The smallest absolute Gasteiger partial charge is 0.0340 e. The van der Waals surface area contributed by atoms with Crippen LogP contribution in [0.5, 0.6) is 0 Å². The van der Waals surface area contributed by atoms with Crippen LogP contribution in [0.15, 0.2) is 42.3 Å². The van der Waals surface area contributed by atoms with Gasteiger partial charge in [-0.05, 0) is 36.5 Å². The first kappa shape index (κ1) is 8.24. The van der Waals surface area contributed by atoms with Crippen molar-refractivity contribution in [2.45, 2.75) is 19.3 Å². The van der Waals surface area contributed by atoms with E-state index in [1.807, 2.05) is 12.3 Å². The number of pyridine rings is 1. The first-order valence-electron chi connectivity index (χ1n) is 4.72. The summed E-state index contributed by atoms with van der Waals surface area (Å²) in [5.41, 5.74) is 2.61. The zero-order chi connectivity index (χ0) is 8.93. The van der Waals surface area contributed by atoms with Crippen molar-refractivity contribution in [3.05, 3.63) is 47.8 Å². The van der Waals surface area contributed by atoms with Gasteiger partial charge in [0.15, 0.2) is 0 Å². The fraction of sp³-hybridized carbons (Fsp3) is 0.250. The number of allylic oxidation sites excluding steroid dienone is 3. The Labute approximate surface area is 78.8 Å². The third-order valence-corrected chi connectivity index (χ3v) is 2.20. The molecule has 0 amide bonds. The second-order valence-electron chi connectivity index (χ2n) is 3.30. The van der Waals surface area contributed by atoms with E-state index in [4.69, 9.17) is 0 Å². The van der Waals surface area contributed by atoms with E-state index in [2.05, 4.69) is 29.3 Å². The van der Waals surface area contributed by atoms with E-state index >= 15 is 0 Å². The van der Waals surface area contributed by atoms with Crippen LogP contribution < -0.4 is 0 Å². The second kappa shape index (κ2) is 4.04. The molecule has 1 heteroatoms. The normalized spacial score (nSPS) is 19.2. The Kier molecular flexibility index (Phi) is 2.56. The van der Waals surface area contributed by atoms with Gasteiger partial charge in [0.1, 0.15) is 0 Å². The van der Waals surface area contributed by atoms with Gasteiger partial charge in [-0.3, -0.25) is 4.98 Å². The molecule has 0 spiro atoms. The van der Waals surface area contributed by atoms with Gasteiger partial charge >= 0.3 is 0 Å². The van der Waals surface area contributed by atoms with Gasteiger partial charge in [0.2, 0.25) is 0 Å². The molecular formula is C12H13N. The SMILES string of the molecule is C1=C/C(=C/c2cccnc2)CCC1. The highest BCUT2D eigenvalue weighted by molar-refractivity contribution is 5.55. The Balaban J connectivity index is 2.20. The topological polar surface area (TPSA) is 12.9 Å². The molecule has 0 bridgehead atoms. The number of nitrogens with zero attached hydrogens (tertiary/aromatic N) is 1. The summed E-state index contributed by atoms with van der Waals surface area (Å²) in [6.45, 7) is 0. The van der Waals surface area contributed by atoms with E-state index in [1.165, 1.54) is 30.4 Å².